The number of esters is 1. The number of nitrogens with one attached hydrogen (secondary N) is 1. The van der Waals surface area contributed by atoms with Crippen LogP contribution in [0, 0.1) is 17.8 Å². The van der Waals surface area contributed by atoms with Gasteiger partial charge in [-0.2, -0.15) is 0 Å². The summed E-state index contributed by atoms with van der Waals surface area (Å²) in [6, 6.07) is 16.8. The second kappa shape index (κ2) is 21.6. The number of ether oxygens (including phenoxy) is 1. The first kappa shape index (κ1) is 44.9. The number of amides is 2. The highest BCUT2D eigenvalue weighted by Gasteiger charge is 2.39. The Morgan fingerprint density at radius 1 is 1.02 bits per heavy atom. The van der Waals surface area contributed by atoms with Crippen LogP contribution in [-0.2, 0) is 30.3 Å². The number of likely N-dealkylation sites (tertiary alicyclic amines) is 1. The van der Waals surface area contributed by atoms with Crippen LogP contribution >= 0.6 is 0 Å². The van der Waals surface area contributed by atoms with Crippen molar-refractivity contribution in [1.29, 1.82) is 0 Å². The van der Waals surface area contributed by atoms with Crippen molar-refractivity contribution in [2.24, 2.45) is 17.8 Å². The van der Waals surface area contributed by atoms with E-state index in [0.29, 0.717) is 19.4 Å². The number of hydrogen-bond acceptors (Lipinski definition) is 9. The van der Waals surface area contributed by atoms with E-state index in [9.17, 15) is 29.1 Å². The number of oxazole rings is 1. The molecule has 1 fully saturated rings. The normalized spacial score (nSPS) is 17.0. The molecule has 2 aromatic carbocycles. The van der Waals surface area contributed by atoms with E-state index in [2.05, 4.69) is 15.2 Å². The first-order valence-corrected chi connectivity index (χ1v) is 20.5. The molecule has 1 aliphatic heterocycles. The van der Waals surface area contributed by atoms with Crippen LogP contribution in [0.2, 0.25) is 0 Å². The number of benzene rings is 2. The number of ketones is 1. The van der Waals surface area contributed by atoms with Gasteiger partial charge in [-0.15, -0.1) is 0 Å². The topological polar surface area (TPSA) is 159 Å². The number of carbonyl (C=O) groups is 5. The average molecular weight is 787 g/mol. The molecule has 1 unspecified atom stereocenters. The van der Waals surface area contributed by atoms with E-state index in [4.69, 9.17) is 9.15 Å². The number of carbonyl (C=O) groups excluding carboxylic acids is 4. The highest BCUT2D eigenvalue weighted by atomic mass is 16.6. The maximum absolute atomic E-state index is 14.6. The maximum Gasteiger partial charge on any atom is 0.303 e. The fourth-order valence-corrected chi connectivity index (χ4v) is 7.83. The number of aromatic nitrogens is 1. The van der Waals surface area contributed by atoms with Gasteiger partial charge in [0.15, 0.2) is 17.6 Å². The molecule has 1 saturated heterocycles. The van der Waals surface area contributed by atoms with Crippen molar-refractivity contribution >= 4 is 29.5 Å². The van der Waals surface area contributed by atoms with Gasteiger partial charge in [0, 0.05) is 50.7 Å². The smallest absolute Gasteiger partial charge is 0.303 e. The number of carboxylic acids is 1. The fourth-order valence-electron chi connectivity index (χ4n) is 7.83. The van der Waals surface area contributed by atoms with Gasteiger partial charge in [0.05, 0.1) is 6.04 Å². The molecule has 1 aromatic heterocycles. The summed E-state index contributed by atoms with van der Waals surface area (Å²) in [5.41, 5.74) is 3.00. The average Bonchev–Trinajstić information content (AvgIpc) is 3.86. The van der Waals surface area contributed by atoms with Crippen molar-refractivity contribution in [1.82, 2.24) is 20.1 Å². The summed E-state index contributed by atoms with van der Waals surface area (Å²) in [6.45, 7) is 12.7. The molecule has 0 saturated carbocycles. The Kier molecular flexibility index (Phi) is 17.0. The van der Waals surface area contributed by atoms with Gasteiger partial charge in [-0.25, -0.2) is 4.98 Å². The molecule has 0 spiro atoms. The van der Waals surface area contributed by atoms with Crippen molar-refractivity contribution < 1.29 is 38.2 Å². The molecule has 6 atom stereocenters. The summed E-state index contributed by atoms with van der Waals surface area (Å²) in [5.74, 6) is -2.66. The number of hydrogen-bond donors (Lipinski definition) is 2. The molecule has 4 rings (SSSR count). The van der Waals surface area contributed by atoms with Crippen molar-refractivity contribution in [2.75, 3.05) is 20.1 Å². The van der Waals surface area contributed by atoms with Crippen LogP contribution in [0.3, 0.4) is 0 Å². The molecule has 310 valence electrons. The Morgan fingerprint density at radius 3 is 2.28 bits per heavy atom. The van der Waals surface area contributed by atoms with Gasteiger partial charge in [0.2, 0.25) is 11.8 Å². The van der Waals surface area contributed by atoms with Crippen LogP contribution in [0.25, 0.3) is 11.1 Å². The summed E-state index contributed by atoms with van der Waals surface area (Å²) in [7, 11) is 1.96. The van der Waals surface area contributed by atoms with Crippen LogP contribution in [0.4, 0.5) is 0 Å². The number of rotatable bonds is 22. The van der Waals surface area contributed by atoms with Crippen LogP contribution in [0.1, 0.15) is 121 Å². The molecule has 0 radical (unpaired) electrons. The second-order valence-corrected chi connectivity index (χ2v) is 15.9. The minimum Gasteiger partial charge on any atom is -0.481 e. The zero-order valence-electron chi connectivity index (χ0n) is 34.7. The number of aliphatic carboxylic acids is 1. The lowest BCUT2D eigenvalue weighted by Gasteiger charge is -2.39. The third-order valence-corrected chi connectivity index (χ3v) is 11.3. The predicted molar refractivity (Wildman–Crippen MR) is 218 cm³/mol. The third kappa shape index (κ3) is 12.8. The van der Waals surface area contributed by atoms with E-state index in [0.717, 1.165) is 42.5 Å². The predicted octanol–water partition coefficient (Wildman–Crippen LogP) is 7.52. The largest absolute Gasteiger partial charge is 0.481 e. The van der Waals surface area contributed by atoms with E-state index in [1.54, 1.807) is 0 Å². The fraction of sp³-hybridized carbons (Fsp3) is 0.556. The summed E-state index contributed by atoms with van der Waals surface area (Å²) >= 11 is 0. The Bertz CT molecular complexity index is 1770. The SMILES string of the molecule is CCCN(C(=O)C(CC(=O)[C@H]1CCCN1C)[C@@H](C)CC)[C@H](C[C@@H](OC(C)=O)c1nc(C(=O)N[C@H](CCC(=O)O)Cc2ccc(-c3ccccc3)cc2)co1)C(C)C. The minimum atomic E-state index is -1.01. The molecule has 2 heterocycles. The minimum absolute atomic E-state index is 0.0152. The van der Waals surface area contributed by atoms with Crippen molar-refractivity contribution in [2.45, 2.75) is 124 Å². The van der Waals surface area contributed by atoms with Crippen LogP contribution in [-0.4, -0.2) is 87.7 Å². The molecule has 3 aromatic rings. The number of likely N-dealkylation sites (N-methyl/N-ethyl adjacent to an activating group) is 1. The van der Waals surface area contributed by atoms with Gasteiger partial charge < -0.3 is 24.5 Å². The number of Topliss-reactive ketones (excluding diaryl/α,β-unsaturated/α-hetero) is 1. The van der Waals surface area contributed by atoms with E-state index >= 15 is 0 Å². The standard InChI is InChI=1S/C45H62N4O8/c1-8-23-49(45(55)36(30(5)9-2)26-40(51)38-16-13-24-48(38)7)39(29(3)4)27-41(57-31(6)50)44-47-37(28-56-44)43(54)46-35(21-22-42(52)53)25-32-17-19-34(20-18-32)33-14-11-10-12-15-33/h10-12,14-15,17-20,28-30,35-36,38-39,41H,8-9,13,16,21-27H2,1-7H3,(H,46,54)(H,52,53)/t30-,35+,36?,38+,39+,41+/m0/s1. The Balaban J connectivity index is 1.54. The Morgan fingerprint density at radius 2 is 1.70 bits per heavy atom. The molecule has 12 nitrogen and oxygen atoms in total. The van der Waals surface area contributed by atoms with Gasteiger partial charge in [0.1, 0.15) is 6.26 Å². The van der Waals surface area contributed by atoms with Crippen molar-refractivity contribution in [3.8, 4) is 11.1 Å². The van der Waals surface area contributed by atoms with Gasteiger partial charge in [0.25, 0.3) is 5.91 Å². The van der Waals surface area contributed by atoms with Crippen LogP contribution in [0.15, 0.2) is 65.3 Å². The lowest BCUT2D eigenvalue weighted by atomic mass is 9.83. The summed E-state index contributed by atoms with van der Waals surface area (Å²) in [5, 5.41) is 12.4. The second-order valence-electron chi connectivity index (χ2n) is 15.9. The van der Waals surface area contributed by atoms with Crippen molar-refractivity contribution in [3.05, 3.63) is 78.0 Å². The molecule has 0 aliphatic carbocycles. The van der Waals surface area contributed by atoms with Crippen LogP contribution in [0.5, 0.6) is 0 Å². The van der Waals surface area contributed by atoms with Gasteiger partial charge >= 0.3 is 11.9 Å². The highest BCUT2D eigenvalue weighted by molar-refractivity contribution is 5.92. The summed E-state index contributed by atoms with van der Waals surface area (Å²) < 4.78 is 11.6. The lowest BCUT2D eigenvalue weighted by molar-refractivity contribution is -0.151. The summed E-state index contributed by atoms with van der Waals surface area (Å²) in [4.78, 5) is 74.1. The maximum atomic E-state index is 14.6. The number of nitrogens with zero attached hydrogens (tertiary/aromatic N) is 3. The molecule has 1 aliphatic rings. The molecule has 12 heteroatoms. The molecule has 2 N–H and O–H groups in total. The zero-order valence-corrected chi connectivity index (χ0v) is 34.7. The third-order valence-electron chi connectivity index (χ3n) is 11.3. The Hall–Kier alpha value is -4.84. The molecule has 0 bridgehead atoms. The first-order valence-electron chi connectivity index (χ1n) is 20.5. The monoisotopic (exact) mass is 786 g/mol. The van der Waals surface area contributed by atoms with Crippen LogP contribution < -0.4 is 5.32 Å². The summed E-state index contributed by atoms with van der Waals surface area (Å²) in [6.07, 6.45) is 4.17. The molecular weight excluding hydrogens is 725 g/mol. The lowest BCUT2D eigenvalue weighted by Crippen LogP contribution is -2.49. The van der Waals surface area contributed by atoms with Gasteiger partial charge in [-0.1, -0.05) is 95.6 Å². The molecule has 57 heavy (non-hydrogen) atoms. The van der Waals surface area contributed by atoms with Crippen molar-refractivity contribution in [3.63, 3.8) is 0 Å². The van der Waals surface area contributed by atoms with Gasteiger partial charge in [-0.05, 0) is 74.2 Å². The Labute approximate surface area is 337 Å². The number of carboxylic acid groups (broad SMARTS) is 1. The first-order chi connectivity index (χ1) is 27.2. The molecule has 2 amide bonds. The molecular formula is C45H62N4O8. The highest BCUT2D eigenvalue weighted by Crippen LogP contribution is 2.32. The van der Waals surface area contributed by atoms with E-state index in [1.807, 2.05) is 101 Å². The quantitative estimate of drug-likeness (QED) is 0.0976. The van der Waals surface area contributed by atoms with E-state index in [-0.39, 0.29) is 66.8 Å². The van der Waals surface area contributed by atoms with Gasteiger partial charge in [-0.3, -0.25) is 28.9 Å². The van der Waals surface area contributed by atoms with E-state index < -0.39 is 42.0 Å². The zero-order chi connectivity index (χ0) is 41.6. The van der Waals surface area contributed by atoms with E-state index in [1.165, 1.54) is 13.2 Å².